The highest BCUT2D eigenvalue weighted by Gasteiger charge is 2.46. The molecule has 140 valence electrons. The van der Waals surface area contributed by atoms with E-state index >= 15 is 0 Å². The molecule has 5 nitrogen and oxygen atoms in total. The third kappa shape index (κ3) is 4.50. The molecular weight excluding hydrogens is 304 g/mol. The van der Waals surface area contributed by atoms with Crippen LogP contribution in [-0.2, 0) is 9.53 Å². The molecule has 5 heteroatoms. The molecule has 2 fully saturated rings. The lowest BCUT2D eigenvalue weighted by atomic mass is 9.71. The van der Waals surface area contributed by atoms with Gasteiger partial charge in [0.2, 0.25) is 5.91 Å². The molecule has 0 aliphatic carbocycles. The van der Waals surface area contributed by atoms with Crippen LogP contribution in [0, 0.1) is 11.3 Å². The van der Waals surface area contributed by atoms with Crippen molar-refractivity contribution in [2.75, 3.05) is 45.9 Å². The Balaban J connectivity index is 2.02. The molecule has 0 aromatic rings. The van der Waals surface area contributed by atoms with Gasteiger partial charge in [0.05, 0.1) is 12.7 Å². The van der Waals surface area contributed by atoms with Crippen LogP contribution in [0.4, 0.5) is 0 Å². The Morgan fingerprint density at radius 3 is 2.67 bits per heavy atom. The molecule has 0 radical (unpaired) electrons. The van der Waals surface area contributed by atoms with Crippen molar-refractivity contribution < 1.29 is 14.6 Å². The maximum absolute atomic E-state index is 12.8. The van der Waals surface area contributed by atoms with Crippen LogP contribution in [0.25, 0.3) is 0 Å². The fraction of sp³-hybridized carbons (Fsp3) is 0.947. The highest BCUT2D eigenvalue weighted by molar-refractivity contribution is 5.79. The van der Waals surface area contributed by atoms with Gasteiger partial charge in [-0.05, 0) is 39.0 Å². The molecule has 2 atom stereocenters. The first-order valence-electron chi connectivity index (χ1n) is 9.83. The number of carbonyl (C=O) groups is 1. The molecule has 1 N–H and O–H groups in total. The lowest BCUT2D eigenvalue weighted by Gasteiger charge is -2.51. The average Bonchev–Trinajstić information content (AvgIpc) is 2.59. The summed E-state index contributed by atoms with van der Waals surface area (Å²) < 4.78 is 5.49. The van der Waals surface area contributed by atoms with Crippen molar-refractivity contribution in [2.24, 2.45) is 11.3 Å². The lowest BCUT2D eigenvalue weighted by Crippen LogP contribution is -2.60. The highest BCUT2D eigenvalue weighted by Crippen LogP contribution is 2.39. The second-order valence-corrected chi connectivity index (χ2v) is 7.52. The molecule has 2 aliphatic rings. The number of aliphatic hydroxyl groups excluding tert-OH is 1. The number of ether oxygens (including phenoxy) is 1. The van der Waals surface area contributed by atoms with Crippen molar-refractivity contribution in [3.63, 3.8) is 0 Å². The molecule has 1 spiro atoms. The molecule has 2 saturated heterocycles. The Hall–Kier alpha value is -0.650. The predicted molar refractivity (Wildman–Crippen MR) is 95.9 cm³/mol. The molecule has 2 aliphatic heterocycles. The topological polar surface area (TPSA) is 53.0 Å². The smallest absolute Gasteiger partial charge is 0.225 e. The average molecular weight is 341 g/mol. The number of piperidine rings is 2. The summed E-state index contributed by atoms with van der Waals surface area (Å²) in [5.41, 5.74) is -0.148. The normalized spacial score (nSPS) is 28.7. The van der Waals surface area contributed by atoms with Crippen LogP contribution in [0.5, 0.6) is 0 Å². The fourth-order valence-electron chi connectivity index (χ4n) is 4.42. The van der Waals surface area contributed by atoms with E-state index in [-0.39, 0.29) is 23.3 Å². The van der Waals surface area contributed by atoms with Gasteiger partial charge < -0.3 is 19.6 Å². The van der Waals surface area contributed by atoms with Gasteiger partial charge in [0.25, 0.3) is 0 Å². The zero-order valence-corrected chi connectivity index (χ0v) is 15.8. The molecule has 0 bridgehead atoms. The first kappa shape index (κ1) is 19.7. The van der Waals surface area contributed by atoms with E-state index in [2.05, 4.69) is 18.7 Å². The highest BCUT2D eigenvalue weighted by atomic mass is 16.5. The zero-order chi connectivity index (χ0) is 17.6. The second-order valence-electron chi connectivity index (χ2n) is 7.52. The summed E-state index contributed by atoms with van der Waals surface area (Å²) in [6, 6.07) is 0. The van der Waals surface area contributed by atoms with E-state index in [0.717, 1.165) is 71.5 Å². The van der Waals surface area contributed by atoms with Gasteiger partial charge in [-0.15, -0.1) is 0 Å². The Morgan fingerprint density at radius 1 is 1.25 bits per heavy atom. The van der Waals surface area contributed by atoms with Crippen LogP contribution in [0.2, 0.25) is 0 Å². The SMILES string of the molecule is CCOCCN1CCC(O)[C@]2(CCCN(C(=O)C(CC)CC)C2)C1. The quantitative estimate of drug-likeness (QED) is 0.722. The van der Waals surface area contributed by atoms with Crippen molar-refractivity contribution in [3.05, 3.63) is 0 Å². The number of aliphatic hydroxyl groups is 1. The minimum atomic E-state index is -0.293. The van der Waals surface area contributed by atoms with Gasteiger partial charge >= 0.3 is 0 Å². The third-order valence-corrected chi connectivity index (χ3v) is 5.98. The van der Waals surface area contributed by atoms with E-state index in [9.17, 15) is 9.90 Å². The predicted octanol–water partition coefficient (Wildman–Crippen LogP) is 2.13. The van der Waals surface area contributed by atoms with Crippen LogP contribution in [0.15, 0.2) is 0 Å². The Labute approximate surface area is 147 Å². The first-order valence-corrected chi connectivity index (χ1v) is 9.83. The third-order valence-electron chi connectivity index (χ3n) is 5.98. The second kappa shape index (κ2) is 9.16. The monoisotopic (exact) mass is 340 g/mol. The van der Waals surface area contributed by atoms with E-state index in [4.69, 9.17) is 4.74 Å². The Morgan fingerprint density at radius 2 is 2.00 bits per heavy atom. The van der Waals surface area contributed by atoms with Gasteiger partial charge in [0.15, 0.2) is 0 Å². The van der Waals surface area contributed by atoms with Gasteiger partial charge in [-0.2, -0.15) is 0 Å². The van der Waals surface area contributed by atoms with E-state index in [1.807, 2.05) is 11.8 Å². The van der Waals surface area contributed by atoms with Crippen LogP contribution < -0.4 is 0 Å². The molecule has 24 heavy (non-hydrogen) atoms. The molecule has 2 rings (SSSR count). The first-order chi connectivity index (χ1) is 11.6. The molecule has 0 saturated carbocycles. The van der Waals surface area contributed by atoms with Crippen LogP contribution >= 0.6 is 0 Å². The summed E-state index contributed by atoms with van der Waals surface area (Å²) in [6.45, 7) is 12.0. The van der Waals surface area contributed by atoms with Gasteiger partial charge in [-0.3, -0.25) is 4.79 Å². The van der Waals surface area contributed by atoms with Crippen molar-refractivity contribution in [3.8, 4) is 0 Å². The number of nitrogens with zero attached hydrogens (tertiary/aromatic N) is 2. The summed E-state index contributed by atoms with van der Waals surface area (Å²) in [4.78, 5) is 17.2. The molecule has 1 amide bonds. The summed E-state index contributed by atoms with van der Waals surface area (Å²) in [7, 11) is 0. The van der Waals surface area contributed by atoms with Crippen molar-refractivity contribution in [1.29, 1.82) is 0 Å². The number of carbonyl (C=O) groups excluding carboxylic acids is 1. The Bertz CT molecular complexity index is 400. The Kier molecular flexibility index (Phi) is 7.51. The van der Waals surface area contributed by atoms with Gasteiger partial charge in [0, 0.05) is 50.7 Å². The van der Waals surface area contributed by atoms with E-state index < -0.39 is 0 Å². The fourth-order valence-corrected chi connectivity index (χ4v) is 4.42. The number of rotatable bonds is 7. The van der Waals surface area contributed by atoms with Crippen LogP contribution in [-0.4, -0.2) is 72.9 Å². The molecular formula is C19H36N2O3. The van der Waals surface area contributed by atoms with Gasteiger partial charge in [0.1, 0.15) is 0 Å². The molecule has 1 unspecified atom stereocenters. The summed E-state index contributed by atoms with van der Waals surface area (Å²) in [5.74, 6) is 0.424. The minimum Gasteiger partial charge on any atom is -0.392 e. The van der Waals surface area contributed by atoms with E-state index in [1.165, 1.54) is 0 Å². The molecule has 0 aromatic carbocycles. The van der Waals surface area contributed by atoms with Crippen molar-refractivity contribution in [2.45, 2.75) is 59.0 Å². The zero-order valence-electron chi connectivity index (χ0n) is 15.8. The largest absolute Gasteiger partial charge is 0.392 e. The number of hydrogen-bond acceptors (Lipinski definition) is 4. The molecule has 0 aromatic heterocycles. The number of amides is 1. The minimum absolute atomic E-state index is 0.134. The number of likely N-dealkylation sites (tertiary alicyclic amines) is 2. The van der Waals surface area contributed by atoms with E-state index in [1.54, 1.807) is 0 Å². The maximum Gasteiger partial charge on any atom is 0.225 e. The van der Waals surface area contributed by atoms with Crippen molar-refractivity contribution >= 4 is 5.91 Å². The van der Waals surface area contributed by atoms with Crippen LogP contribution in [0.1, 0.15) is 52.9 Å². The van der Waals surface area contributed by atoms with Gasteiger partial charge in [-0.1, -0.05) is 13.8 Å². The van der Waals surface area contributed by atoms with E-state index in [0.29, 0.717) is 6.54 Å². The van der Waals surface area contributed by atoms with Crippen LogP contribution in [0.3, 0.4) is 0 Å². The van der Waals surface area contributed by atoms with Gasteiger partial charge in [-0.25, -0.2) is 0 Å². The number of hydrogen-bond donors (Lipinski definition) is 1. The molecule has 2 heterocycles. The lowest BCUT2D eigenvalue weighted by molar-refractivity contribution is -0.146. The maximum atomic E-state index is 12.8. The summed E-state index contributed by atoms with van der Waals surface area (Å²) >= 11 is 0. The summed E-state index contributed by atoms with van der Waals surface area (Å²) in [6.07, 6.45) is 4.34. The standard InChI is InChI=1S/C19H36N2O3/c1-4-16(5-2)18(23)21-10-7-9-19(15-21)14-20(11-8-17(19)22)12-13-24-6-3/h16-17,22H,4-15H2,1-3H3/t17?,19-/m1/s1. The van der Waals surface area contributed by atoms with Crippen molar-refractivity contribution in [1.82, 2.24) is 9.80 Å². The summed E-state index contributed by atoms with van der Waals surface area (Å²) in [5, 5.41) is 10.7.